The zero-order chi connectivity index (χ0) is 14.4. The second-order valence-corrected chi connectivity index (χ2v) is 6.28. The first-order valence-electron chi connectivity index (χ1n) is 7.38. The molecule has 0 bridgehead atoms. The summed E-state index contributed by atoms with van der Waals surface area (Å²) in [4.78, 5) is 0. The predicted octanol–water partition coefficient (Wildman–Crippen LogP) is 3.81. The van der Waals surface area contributed by atoms with Gasteiger partial charge in [-0.2, -0.15) is 0 Å². The highest BCUT2D eigenvalue weighted by Crippen LogP contribution is 2.28. The highest BCUT2D eigenvalue weighted by Gasteiger charge is 2.15. The Hall–Kier alpha value is -0.580. The van der Waals surface area contributed by atoms with Gasteiger partial charge in [0.2, 0.25) is 0 Å². The molecule has 1 N–H and O–H groups in total. The molecule has 0 radical (unpaired) electrons. The molecule has 1 unspecified atom stereocenters. The zero-order valence-electron chi connectivity index (χ0n) is 12.4. The Morgan fingerprint density at radius 1 is 1.45 bits per heavy atom. The van der Waals surface area contributed by atoms with Crippen LogP contribution in [0.1, 0.15) is 36.8 Å². The van der Waals surface area contributed by atoms with Crippen LogP contribution in [0.25, 0.3) is 0 Å². The van der Waals surface area contributed by atoms with Gasteiger partial charge in [-0.05, 0) is 57.4 Å². The average Bonchev–Trinajstić information content (AvgIpc) is 2.90. The third-order valence-electron chi connectivity index (χ3n) is 3.62. The molecule has 0 aromatic heterocycles. The Balaban J connectivity index is 1.87. The molecule has 1 saturated heterocycles. The number of hydrogen-bond donors (Lipinski definition) is 1. The fourth-order valence-electron chi connectivity index (χ4n) is 2.68. The Bertz CT molecular complexity index is 431. The fourth-order valence-corrected chi connectivity index (χ4v) is 3.30. The van der Waals surface area contributed by atoms with E-state index < -0.39 is 0 Å². The molecule has 0 aliphatic carbocycles. The Morgan fingerprint density at radius 2 is 2.30 bits per heavy atom. The molecule has 1 aliphatic heterocycles. The minimum absolute atomic E-state index is 0.460. The van der Waals surface area contributed by atoms with Crippen molar-refractivity contribution in [1.82, 2.24) is 5.32 Å². The number of aryl methyl sites for hydroxylation is 1. The molecule has 1 aliphatic rings. The lowest BCUT2D eigenvalue weighted by Crippen LogP contribution is -2.11. The molecule has 20 heavy (non-hydrogen) atoms. The molecule has 2 rings (SSSR count). The highest BCUT2D eigenvalue weighted by atomic mass is 79.9. The van der Waals surface area contributed by atoms with Gasteiger partial charge in [0.25, 0.3) is 0 Å². The molecule has 1 fully saturated rings. The van der Waals surface area contributed by atoms with E-state index in [2.05, 4.69) is 40.3 Å². The van der Waals surface area contributed by atoms with Crippen molar-refractivity contribution in [1.29, 1.82) is 0 Å². The largest absolute Gasteiger partial charge is 0.493 e. The van der Waals surface area contributed by atoms with Gasteiger partial charge < -0.3 is 14.8 Å². The molecule has 112 valence electrons. The first-order valence-corrected chi connectivity index (χ1v) is 8.18. The van der Waals surface area contributed by atoms with E-state index in [0.29, 0.717) is 6.10 Å². The second-order valence-electron chi connectivity index (χ2n) is 5.37. The summed E-state index contributed by atoms with van der Waals surface area (Å²) in [5, 5.41) is 3.19. The molecular weight excluding hydrogens is 318 g/mol. The number of nitrogens with one attached hydrogen (secondary N) is 1. The van der Waals surface area contributed by atoms with E-state index in [4.69, 9.17) is 9.47 Å². The zero-order valence-corrected chi connectivity index (χ0v) is 14.0. The Morgan fingerprint density at radius 3 is 3.00 bits per heavy atom. The predicted molar refractivity (Wildman–Crippen MR) is 85.3 cm³/mol. The maximum Gasteiger partial charge on any atom is 0.126 e. The summed E-state index contributed by atoms with van der Waals surface area (Å²) in [6, 6.07) is 4.23. The van der Waals surface area contributed by atoms with E-state index in [-0.39, 0.29) is 0 Å². The van der Waals surface area contributed by atoms with E-state index in [9.17, 15) is 0 Å². The summed E-state index contributed by atoms with van der Waals surface area (Å²) in [5.74, 6) is 1.02. The summed E-state index contributed by atoms with van der Waals surface area (Å²) in [5.41, 5.74) is 2.39. The van der Waals surface area contributed by atoms with E-state index in [1.165, 1.54) is 24.0 Å². The van der Waals surface area contributed by atoms with Gasteiger partial charge in [0.1, 0.15) is 5.75 Å². The summed E-state index contributed by atoms with van der Waals surface area (Å²) in [6.45, 7) is 4.61. The average molecular weight is 342 g/mol. The highest BCUT2D eigenvalue weighted by molar-refractivity contribution is 9.10. The lowest BCUT2D eigenvalue weighted by molar-refractivity contribution is 0.0980. The standard InChI is InChI=1S/C16H24BrNO2/c1-12-9-14(17)10-13(11-18-2)16(12)20-8-4-6-15-5-3-7-19-15/h9-10,15,18H,3-8,11H2,1-2H3. The number of hydrogen-bond acceptors (Lipinski definition) is 3. The smallest absolute Gasteiger partial charge is 0.126 e. The minimum atomic E-state index is 0.460. The van der Waals surface area contributed by atoms with Gasteiger partial charge >= 0.3 is 0 Å². The normalized spacial score (nSPS) is 18.4. The summed E-state index contributed by atoms with van der Waals surface area (Å²) >= 11 is 3.54. The third-order valence-corrected chi connectivity index (χ3v) is 4.08. The van der Waals surface area contributed by atoms with Gasteiger partial charge in [0.05, 0.1) is 12.7 Å². The van der Waals surface area contributed by atoms with Gasteiger partial charge in [-0.3, -0.25) is 0 Å². The summed E-state index contributed by atoms with van der Waals surface area (Å²) in [7, 11) is 1.96. The van der Waals surface area contributed by atoms with E-state index in [1.807, 2.05) is 7.05 Å². The van der Waals surface area contributed by atoms with Gasteiger partial charge in [-0.1, -0.05) is 15.9 Å². The minimum Gasteiger partial charge on any atom is -0.493 e. The molecule has 4 heteroatoms. The van der Waals surface area contributed by atoms with Crippen molar-refractivity contribution in [3.63, 3.8) is 0 Å². The summed E-state index contributed by atoms with van der Waals surface area (Å²) in [6.07, 6.45) is 5.05. The quantitative estimate of drug-likeness (QED) is 0.765. The van der Waals surface area contributed by atoms with Crippen molar-refractivity contribution in [2.24, 2.45) is 0 Å². The molecule has 0 amide bonds. The second kappa shape index (κ2) is 8.01. The van der Waals surface area contributed by atoms with Crippen LogP contribution in [0.5, 0.6) is 5.75 Å². The Labute approximate surface area is 130 Å². The van der Waals surface area contributed by atoms with Gasteiger partial charge in [0, 0.05) is 23.2 Å². The van der Waals surface area contributed by atoms with Crippen LogP contribution >= 0.6 is 15.9 Å². The summed E-state index contributed by atoms with van der Waals surface area (Å²) < 4.78 is 12.8. The van der Waals surface area contributed by atoms with Crippen LogP contribution in [0.15, 0.2) is 16.6 Å². The van der Waals surface area contributed by atoms with Crippen LogP contribution in [0.4, 0.5) is 0 Å². The lowest BCUT2D eigenvalue weighted by atomic mass is 10.1. The number of rotatable bonds is 7. The molecule has 1 aromatic rings. The molecule has 1 aromatic carbocycles. The third kappa shape index (κ3) is 4.47. The SMILES string of the molecule is CNCc1cc(Br)cc(C)c1OCCCC1CCCO1. The van der Waals surface area contributed by atoms with Crippen LogP contribution < -0.4 is 10.1 Å². The van der Waals surface area contributed by atoms with Crippen molar-refractivity contribution < 1.29 is 9.47 Å². The molecule has 0 saturated carbocycles. The van der Waals surface area contributed by atoms with E-state index in [1.54, 1.807) is 0 Å². The van der Waals surface area contributed by atoms with Crippen LogP contribution in [-0.4, -0.2) is 26.4 Å². The first kappa shape index (κ1) is 15.8. The molecule has 1 atom stereocenters. The van der Waals surface area contributed by atoms with Crippen molar-refractivity contribution >= 4 is 15.9 Å². The monoisotopic (exact) mass is 341 g/mol. The maximum absolute atomic E-state index is 6.02. The maximum atomic E-state index is 6.02. The van der Waals surface area contributed by atoms with Crippen molar-refractivity contribution in [2.75, 3.05) is 20.3 Å². The fraction of sp³-hybridized carbons (Fsp3) is 0.625. The first-order chi connectivity index (χ1) is 9.70. The van der Waals surface area contributed by atoms with Crippen molar-refractivity contribution in [3.05, 3.63) is 27.7 Å². The molecule has 0 spiro atoms. The molecule has 1 heterocycles. The van der Waals surface area contributed by atoms with Gasteiger partial charge in [-0.15, -0.1) is 0 Å². The van der Waals surface area contributed by atoms with Gasteiger partial charge in [-0.25, -0.2) is 0 Å². The number of ether oxygens (including phenoxy) is 2. The van der Waals surface area contributed by atoms with E-state index in [0.717, 1.165) is 42.8 Å². The van der Waals surface area contributed by atoms with Crippen LogP contribution in [0, 0.1) is 6.92 Å². The molecule has 3 nitrogen and oxygen atoms in total. The van der Waals surface area contributed by atoms with Gasteiger partial charge in [0.15, 0.2) is 0 Å². The van der Waals surface area contributed by atoms with Crippen molar-refractivity contribution in [2.45, 2.75) is 45.3 Å². The van der Waals surface area contributed by atoms with E-state index >= 15 is 0 Å². The number of halogens is 1. The molecular formula is C16H24BrNO2. The number of benzene rings is 1. The van der Waals surface area contributed by atoms with Crippen molar-refractivity contribution in [3.8, 4) is 5.75 Å². The van der Waals surface area contributed by atoms with Crippen LogP contribution in [0.2, 0.25) is 0 Å². The lowest BCUT2D eigenvalue weighted by Gasteiger charge is -2.15. The topological polar surface area (TPSA) is 30.5 Å². The van der Waals surface area contributed by atoms with Crippen LogP contribution in [0.3, 0.4) is 0 Å². The Kier molecular flexibility index (Phi) is 6.33. The van der Waals surface area contributed by atoms with Crippen LogP contribution in [-0.2, 0) is 11.3 Å².